The van der Waals surface area contributed by atoms with Crippen molar-refractivity contribution >= 4 is 37.1 Å². The molecular weight excluding hydrogens is 396 g/mol. The molecule has 0 atom stereocenters. The Bertz CT molecular complexity index is 1070. The van der Waals surface area contributed by atoms with Crippen LogP contribution in [0.1, 0.15) is 26.5 Å². The summed E-state index contributed by atoms with van der Waals surface area (Å²) < 4.78 is 25.6. The molecule has 2 N–H and O–H groups in total. The number of benzene rings is 1. The summed E-state index contributed by atoms with van der Waals surface area (Å²) in [5.41, 5.74) is 1.69. The predicted molar refractivity (Wildman–Crippen MR) is 112 cm³/mol. The first-order valence-corrected chi connectivity index (χ1v) is 11.5. The summed E-state index contributed by atoms with van der Waals surface area (Å²) in [5.74, 6) is 0. The van der Waals surface area contributed by atoms with Crippen molar-refractivity contribution in [1.29, 1.82) is 0 Å². The fourth-order valence-electron chi connectivity index (χ4n) is 3.28. The largest absolute Gasteiger partial charge is 0.367 e. The van der Waals surface area contributed by atoms with Crippen LogP contribution in [0.5, 0.6) is 0 Å². The van der Waals surface area contributed by atoms with Gasteiger partial charge in [0.05, 0.1) is 17.6 Å². The van der Waals surface area contributed by atoms with E-state index in [2.05, 4.69) is 35.7 Å². The molecule has 28 heavy (non-hydrogen) atoms. The van der Waals surface area contributed by atoms with Crippen LogP contribution in [0.3, 0.4) is 0 Å². The summed E-state index contributed by atoms with van der Waals surface area (Å²) in [7, 11) is -3.75. The Kier molecular flexibility index (Phi) is 4.59. The summed E-state index contributed by atoms with van der Waals surface area (Å²) >= 11 is 1.58. The number of aromatic nitrogens is 3. The summed E-state index contributed by atoms with van der Waals surface area (Å²) in [6.45, 7) is 9.31. The molecule has 0 amide bonds. The molecule has 1 aromatic carbocycles. The molecule has 0 unspecified atom stereocenters. The first-order chi connectivity index (χ1) is 13.1. The van der Waals surface area contributed by atoms with Crippen LogP contribution < -0.4 is 14.9 Å². The zero-order chi connectivity index (χ0) is 20.1. The lowest BCUT2D eigenvalue weighted by atomic mass is 9.93. The van der Waals surface area contributed by atoms with Crippen LogP contribution in [-0.4, -0.2) is 49.2 Å². The van der Waals surface area contributed by atoms with Crippen LogP contribution in [0.4, 0.5) is 10.8 Å². The van der Waals surface area contributed by atoms with Crippen molar-refractivity contribution in [3.05, 3.63) is 36.2 Å². The maximum atomic E-state index is 11.9. The van der Waals surface area contributed by atoms with Gasteiger partial charge in [-0.25, -0.2) is 23.1 Å². The molecule has 3 heterocycles. The predicted octanol–water partition coefficient (Wildman–Crippen LogP) is 2.06. The van der Waals surface area contributed by atoms with Crippen molar-refractivity contribution in [2.75, 3.05) is 36.0 Å². The number of imidazole rings is 1. The molecule has 0 bridgehead atoms. The second-order valence-electron chi connectivity index (χ2n) is 7.97. The van der Waals surface area contributed by atoms with Crippen molar-refractivity contribution in [2.24, 2.45) is 5.14 Å². The number of fused-ring (bicyclic) bond motifs is 1. The average molecular weight is 421 g/mol. The quantitative estimate of drug-likeness (QED) is 0.697. The smallest absolute Gasteiger partial charge is 0.240 e. The van der Waals surface area contributed by atoms with E-state index in [4.69, 9.17) is 10.1 Å². The highest BCUT2D eigenvalue weighted by Crippen LogP contribution is 2.30. The average Bonchev–Trinajstić information content (AvgIpc) is 3.20. The zero-order valence-electron chi connectivity index (χ0n) is 16.2. The van der Waals surface area contributed by atoms with E-state index in [0.29, 0.717) is 18.8 Å². The number of hydrogen-bond donors (Lipinski definition) is 1. The first kappa shape index (κ1) is 19.2. The Morgan fingerprint density at radius 2 is 1.71 bits per heavy atom. The van der Waals surface area contributed by atoms with Gasteiger partial charge in [0.25, 0.3) is 0 Å². The van der Waals surface area contributed by atoms with Gasteiger partial charge in [0.1, 0.15) is 4.90 Å². The first-order valence-electron chi connectivity index (χ1n) is 9.11. The third kappa shape index (κ3) is 3.59. The van der Waals surface area contributed by atoms with Crippen molar-refractivity contribution in [2.45, 2.75) is 31.1 Å². The topological polar surface area (TPSA) is 96.8 Å². The van der Waals surface area contributed by atoms with E-state index in [1.54, 1.807) is 29.5 Å². The molecule has 3 aromatic rings. The minimum Gasteiger partial charge on any atom is -0.367 e. The molecule has 0 spiro atoms. The number of nitrogens with two attached hydrogens (primary N) is 1. The Labute approximate surface area is 168 Å². The zero-order valence-corrected chi connectivity index (χ0v) is 17.8. The fourth-order valence-corrected chi connectivity index (χ4v) is 4.97. The van der Waals surface area contributed by atoms with Crippen LogP contribution in [0, 0.1) is 0 Å². The van der Waals surface area contributed by atoms with Crippen molar-refractivity contribution in [3.63, 3.8) is 0 Å². The molecule has 0 radical (unpaired) electrons. The molecule has 1 fully saturated rings. The monoisotopic (exact) mass is 420 g/mol. The van der Waals surface area contributed by atoms with Crippen molar-refractivity contribution in [3.8, 4) is 0 Å². The van der Waals surface area contributed by atoms with Crippen LogP contribution in [0.25, 0.3) is 4.96 Å². The molecule has 8 nitrogen and oxygen atoms in total. The Hall–Kier alpha value is -2.17. The fraction of sp³-hybridized carbons (Fsp3) is 0.444. The molecule has 1 saturated heterocycles. The van der Waals surface area contributed by atoms with Crippen LogP contribution >= 0.6 is 11.3 Å². The summed E-state index contributed by atoms with van der Waals surface area (Å²) in [4.78, 5) is 10.0. The van der Waals surface area contributed by atoms with E-state index in [-0.39, 0.29) is 10.3 Å². The van der Waals surface area contributed by atoms with Gasteiger partial charge in [-0.05, 0) is 12.1 Å². The molecule has 4 rings (SSSR count). The highest BCUT2D eigenvalue weighted by molar-refractivity contribution is 7.89. The molecule has 0 saturated carbocycles. The minimum atomic E-state index is -3.75. The van der Waals surface area contributed by atoms with E-state index in [1.165, 1.54) is 0 Å². The van der Waals surface area contributed by atoms with E-state index < -0.39 is 10.0 Å². The highest BCUT2D eigenvalue weighted by atomic mass is 32.2. The van der Waals surface area contributed by atoms with Gasteiger partial charge in [0.15, 0.2) is 0 Å². The van der Waals surface area contributed by atoms with Gasteiger partial charge >= 0.3 is 0 Å². The minimum absolute atomic E-state index is 0.00404. The lowest BCUT2D eigenvalue weighted by Gasteiger charge is -2.36. The molecule has 10 heteroatoms. The van der Waals surface area contributed by atoms with Gasteiger partial charge in [0.2, 0.25) is 20.1 Å². The number of primary sulfonamides is 1. The van der Waals surface area contributed by atoms with Gasteiger partial charge in [-0.2, -0.15) is 0 Å². The van der Waals surface area contributed by atoms with Gasteiger partial charge in [-0.1, -0.05) is 44.2 Å². The van der Waals surface area contributed by atoms with Gasteiger partial charge in [-0.15, -0.1) is 5.10 Å². The third-order valence-corrected chi connectivity index (χ3v) is 6.81. The number of piperazine rings is 1. The second kappa shape index (κ2) is 6.71. The normalized spacial score (nSPS) is 16.1. The Balaban J connectivity index is 1.51. The summed E-state index contributed by atoms with van der Waals surface area (Å²) in [6.07, 6.45) is 1.99. The van der Waals surface area contributed by atoms with Crippen molar-refractivity contribution < 1.29 is 8.42 Å². The molecule has 1 aliphatic heterocycles. The highest BCUT2D eigenvalue weighted by Gasteiger charge is 2.25. The number of para-hydroxylation sites is 1. The standard InChI is InChI=1S/C18H24N6O2S2/c1-18(2,3)15-12-24-16(20-15)27-17(21-24)23-10-8-22(9-11-23)13-6-4-5-7-14(13)28(19,25)26/h4-7,12H,8-11H2,1-3H3,(H2,19,25,26). The second-order valence-corrected chi connectivity index (χ2v) is 10.4. The Morgan fingerprint density at radius 3 is 2.32 bits per heavy atom. The molecule has 0 aliphatic carbocycles. The molecular formula is C18H24N6O2S2. The van der Waals surface area contributed by atoms with E-state index in [1.807, 2.05) is 16.8 Å². The number of nitrogens with zero attached hydrogens (tertiary/aromatic N) is 5. The summed E-state index contributed by atoms with van der Waals surface area (Å²) in [6, 6.07) is 6.89. The number of sulfonamides is 1. The Morgan fingerprint density at radius 1 is 1.07 bits per heavy atom. The van der Waals surface area contributed by atoms with Crippen LogP contribution in [0.15, 0.2) is 35.4 Å². The molecule has 2 aromatic heterocycles. The van der Waals surface area contributed by atoms with Gasteiger partial charge in [0, 0.05) is 31.6 Å². The van der Waals surface area contributed by atoms with E-state index >= 15 is 0 Å². The number of hydrogen-bond acceptors (Lipinski definition) is 7. The molecule has 150 valence electrons. The van der Waals surface area contributed by atoms with E-state index in [0.717, 1.165) is 28.9 Å². The SMILES string of the molecule is CC(C)(C)c1cn2nc(N3CCN(c4ccccc4S(N)(=O)=O)CC3)sc2n1. The maximum Gasteiger partial charge on any atom is 0.240 e. The van der Waals surface area contributed by atoms with Crippen LogP contribution in [0.2, 0.25) is 0 Å². The van der Waals surface area contributed by atoms with Crippen LogP contribution in [-0.2, 0) is 15.4 Å². The maximum absolute atomic E-state index is 11.9. The molecule has 1 aliphatic rings. The van der Waals surface area contributed by atoms with Crippen molar-refractivity contribution in [1.82, 2.24) is 14.6 Å². The lowest BCUT2D eigenvalue weighted by molar-refractivity contribution is 0.572. The number of anilines is 2. The van der Waals surface area contributed by atoms with Gasteiger partial charge in [-0.3, -0.25) is 0 Å². The third-order valence-electron chi connectivity index (χ3n) is 4.86. The lowest BCUT2D eigenvalue weighted by Crippen LogP contribution is -2.47. The summed E-state index contributed by atoms with van der Waals surface area (Å²) in [5, 5.41) is 11.0. The van der Waals surface area contributed by atoms with Gasteiger partial charge < -0.3 is 9.80 Å². The van der Waals surface area contributed by atoms with E-state index in [9.17, 15) is 8.42 Å². The number of rotatable bonds is 3.